The van der Waals surface area contributed by atoms with E-state index in [-0.39, 0.29) is 30.1 Å². The molecular weight excluding hydrogens is 285 g/mol. The summed E-state index contributed by atoms with van der Waals surface area (Å²) in [4.78, 5) is 22.5. The predicted molar refractivity (Wildman–Crippen MR) is 64.4 cm³/mol. The number of carbonyl (C=O) groups is 2. The topological polar surface area (TPSA) is 46.2 Å². The first-order valence-corrected chi connectivity index (χ1v) is 6.12. The molecule has 0 bridgehead atoms. The smallest absolute Gasteiger partial charge is 0.353 e. The highest BCUT2D eigenvalue weighted by atomic mass is 19.5. The number of hydrogen-bond acceptors (Lipinski definition) is 2. The molecule has 0 saturated carbocycles. The highest BCUT2D eigenvalue weighted by Gasteiger charge is 2.24. The fourth-order valence-corrected chi connectivity index (χ4v) is 1.50. The van der Waals surface area contributed by atoms with Crippen LogP contribution in [0.4, 0.5) is 22.0 Å². The highest BCUT2D eigenvalue weighted by Crippen LogP contribution is 2.16. The number of alkyl halides is 5. The molecule has 0 aliphatic rings. The Labute approximate surface area is 114 Å². The lowest BCUT2D eigenvalue weighted by Gasteiger charge is -2.16. The maximum Gasteiger partial charge on any atom is 0.559 e. The van der Waals surface area contributed by atoms with Gasteiger partial charge in [-0.15, -0.1) is 17.6 Å². The van der Waals surface area contributed by atoms with E-state index < -0.39 is 13.1 Å². The average molecular weight is 305 g/mol. The normalized spacial score (nSPS) is 13.8. The first kappa shape index (κ1) is 21.1. The molecule has 0 spiro atoms. The number of rotatable bonds is 7. The molecule has 0 radical (unpaired) electrons. The van der Waals surface area contributed by atoms with E-state index in [0.29, 0.717) is 6.42 Å². The number of carbonyl (C=O) groups excluding carboxylic acids is 2. The Kier molecular flexibility index (Phi) is 11.1. The van der Waals surface area contributed by atoms with Crippen molar-refractivity contribution < 1.29 is 31.5 Å². The zero-order valence-electron chi connectivity index (χ0n) is 11.7. The molecule has 0 aromatic rings. The van der Waals surface area contributed by atoms with E-state index in [4.69, 9.17) is 0 Å². The summed E-state index contributed by atoms with van der Waals surface area (Å²) < 4.78 is 50.6. The van der Waals surface area contributed by atoms with Crippen LogP contribution in [0.15, 0.2) is 0 Å². The minimum Gasteiger partial charge on any atom is -0.353 e. The molecular formula is C12H20F5NO2. The van der Waals surface area contributed by atoms with Crippen LogP contribution in [0.1, 0.15) is 33.6 Å². The fourth-order valence-electron chi connectivity index (χ4n) is 1.50. The van der Waals surface area contributed by atoms with Gasteiger partial charge in [0, 0.05) is 18.4 Å². The maximum absolute atomic E-state index is 11.8. The van der Waals surface area contributed by atoms with Gasteiger partial charge in [0.25, 0.3) is 0 Å². The molecule has 120 valence electrons. The molecule has 2 atom stereocenters. The molecule has 0 aliphatic carbocycles. The molecule has 3 nitrogen and oxygen atoms in total. The lowest BCUT2D eigenvalue weighted by molar-refractivity contribution is -0.237. The van der Waals surface area contributed by atoms with Crippen LogP contribution < -0.4 is 5.32 Å². The summed E-state index contributed by atoms with van der Waals surface area (Å²) in [7, 11) is 0. The van der Waals surface area contributed by atoms with Gasteiger partial charge in [-0.2, -0.15) is 0 Å². The summed E-state index contributed by atoms with van der Waals surface area (Å²) in [5.74, 6) is -0.350. The van der Waals surface area contributed by atoms with Gasteiger partial charge in [0.15, 0.2) is 0 Å². The molecule has 2 unspecified atom stereocenters. The van der Waals surface area contributed by atoms with E-state index in [1.54, 1.807) is 13.8 Å². The first-order valence-electron chi connectivity index (χ1n) is 6.12. The van der Waals surface area contributed by atoms with Crippen molar-refractivity contribution in [2.24, 2.45) is 11.8 Å². The summed E-state index contributed by atoms with van der Waals surface area (Å²) in [6.45, 7) is 4.74. The Bertz CT molecular complexity index is 288. The molecule has 0 heterocycles. The lowest BCUT2D eigenvalue weighted by Crippen LogP contribution is -2.32. The first-order chi connectivity index (χ1) is 9.02. The van der Waals surface area contributed by atoms with Crippen LogP contribution in [0.3, 0.4) is 0 Å². The second-order valence-electron chi connectivity index (χ2n) is 4.26. The second-order valence-corrected chi connectivity index (χ2v) is 4.26. The van der Waals surface area contributed by atoms with Crippen LogP contribution in [0.2, 0.25) is 0 Å². The van der Waals surface area contributed by atoms with Crippen LogP contribution in [0.5, 0.6) is 0 Å². The van der Waals surface area contributed by atoms with Crippen molar-refractivity contribution in [1.29, 1.82) is 0 Å². The van der Waals surface area contributed by atoms with Crippen LogP contribution in [-0.4, -0.2) is 31.3 Å². The predicted octanol–water partition coefficient (Wildman–Crippen LogP) is 3.19. The third-order valence-corrected chi connectivity index (χ3v) is 2.55. The Morgan fingerprint density at radius 1 is 1.20 bits per heavy atom. The van der Waals surface area contributed by atoms with Gasteiger partial charge in [-0.05, 0) is 19.8 Å². The number of amides is 1. The van der Waals surface area contributed by atoms with E-state index >= 15 is 0 Å². The SMILES string of the molecule is CCC(CC(C)C(=O)NCCF)C(C)=O.FC(F)(F)F. The minimum absolute atomic E-state index is 0.0556. The van der Waals surface area contributed by atoms with Crippen LogP contribution in [-0.2, 0) is 9.59 Å². The molecule has 8 heteroatoms. The monoisotopic (exact) mass is 305 g/mol. The van der Waals surface area contributed by atoms with Gasteiger partial charge < -0.3 is 5.32 Å². The van der Waals surface area contributed by atoms with Crippen molar-refractivity contribution in [2.75, 3.05) is 13.2 Å². The van der Waals surface area contributed by atoms with Gasteiger partial charge in [-0.1, -0.05) is 13.8 Å². The molecule has 0 aliphatic heterocycles. The Balaban J connectivity index is 0. The molecule has 0 saturated heterocycles. The second kappa shape index (κ2) is 10.6. The van der Waals surface area contributed by atoms with Crippen LogP contribution in [0.25, 0.3) is 0 Å². The van der Waals surface area contributed by atoms with Gasteiger partial charge in [0.1, 0.15) is 12.5 Å². The zero-order valence-corrected chi connectivity index (χ0v) is 11.7. The Hall–Kier alpha value is -1.21. The van der Waals surface area contributed by atoms with Crippen molar-refractivity contribution in [3.05, 3.63) is 0 Å². The summed E-state index contributed by atoms with van der Waals surface area (Å²) in [6.07, 6.45) is -4.21. The van der Waals surface area contributed by atoms with Crippen molar-refractivity contribution in [2.45, 2.75) is 40.0 Å². The van der Waals surface area contributed by atoms with Gasteiger partial charge >= 0.3 is 6.43 Å². The summed E-state index contributed by atoms with van der Waals surface area (Å²) in [5.41, 5.74) is 0. The highest BCUT2D eigenvalue weighted by molar-refractivity contribution is 5.81. The quantitative estimate of drug-likeness (QED) is 0.734. The number of Topliss-reactive ketones (excluding diaryl/α,β-unsaturated/α-hetero) is 1. The van der Waals surface area contributed by atoms with E-state index in [2.05, 4.69) is 5.32 Å². The number of hydrogen-bond donors (Lipinski definition) is 1. The van der Waals surface area contributed by atoms with Gasteiger partial charge in [0.05, 0.1) is 0 Å². The van der Waals surface area contributed by atoms with E-state index in [9.17, 15) is 31.5 Å². The molecule has 0 aromatic carbocycles. The number of halogens is 5. The standard InChI is InChI=1S/C11H20FNO2.CF4/c1-4-10(9(3)14)7-8(2)11(15)13-6-5-12;2-1(3,4)5/h8,10H,4-7H2,1-3H3,(H,13,15);. The number of ketones is 1. The molecule has 0 rings (SSSR count). The molecule has 0 fully saturated rings. The zero-order chi connectivity index (χ0) is 16.3. The third-order valence-electron chi connectivity index (χ3n) is 2.55. The maximum atomic E-state index is 11.8. The molecule has 1 amide bonds. The average Bonchev–Trinajstić information content (AvgIpc) is 2.29. The van der Waals surface area contributed by atoms with Crippen molar-refractivity contribution >= 4 is 11.7 Å². The number of nitrogens with one attached hydrogen (secondary N) is 1. The lowest BCUT2D eigenvalue weighted by atomic mass is 9.90. The largest absolute Gasteiger partial charge is 0.559 e. The van der Waals surface area contributed by atoms with Gasteiger partial charge in [-0.3, -0.25) is 9.59 Å². The third kappa shape index (κ3) is 14.8. The Morgan fingerprint density at radius 3 is 1.95 bits per heavy atom. The minimum atomic E-state index is -5.50. The molecule has 1 N–H and O–H groups in total. The molecule has 20 heavy (non-hydrogen) atoms. The summed E-state index contributed by atoms with van der Waals surface area (Å²) >= 11 is 0. The van der Waals surface area contributed by atoms with E-state index in [0.717, 1.165) is 6.42 Å². The van der Waals surface area contributed by atoms with Crippen molar-refractivity contribution in [3.8, 4) is 0 Å². The van der Waals surface area contributed by atoms with Crippen LogP contribution in [0, 0.1) is 11.8 Å². The van der Waals surface area contributed by atoms with Gasteiger partial charge in [0.2, 0.25) is 5.91 Å². The van der Waals surface area contributed by atoms with E-state index in [1.807, 2.05) is 6.92 Å². The van der Waals surface area contributed by atoms with Gasteiger partial charge in [-0.25, -0.2) is 4.39 Å². The summed E-state index contributed by atoms with van der Waals surface area (Å²) in [5, 5.41) is 2.48. The fraction of sp³-hybridized carbons (Fsp3) is 0.833. The summed E-state index contributed by atoms with van der Waals surface area (Å²) in [6, 6.07) is 0. The van der Waals surface area contributed by atoms with Crippen molar-refractivity contribution in [1.82, 2.24) is 5.32 Å². The van der Waals surface area contributed by atoms with Crippen molar-refractivity contribution in [3.63, 3.8) is 0 Å². The van der Waals surface area contributed by atoms with Crippen LogP contribution >= 0.6 is 0 Å². The van der Waals surface area contributed by atoms with E-state index in [1.165, 1.54) is 0 Å². The molecule has 0 aromatic heterocycles. The Morgan fingerprint density at radius 2 is 1.65 bits per heavy atom.